The number of carbonyl (C=O) groups is 2. The van der Waals surface area contributed by atoms with Crippen LogP contribution in [0.2, 0.25) is 0 Å². The number of amides is 1. The first-order valence-corrected chi connectivity index (χ1v) is 12.7. The summed E-state index contributed by atoms with van der Waals surface area (Å²) in [7, 11) is 3.22. The van der Waals surface area contributed by atoms with Gasteiger partial charge in [0.05, 0.1) is 11.4 Å². The maximum atomic E-state index is 13.4. The Labute approximate surface area is 229 Å². The number of anilines is 1. The predicted molar refractivity (Wildman–Crippen MR) is 154 cm³/mol. The molecule has 0 radical (unpaired) electrons. The third-order valence-corrected chi connectivity index (χ3v) is 6.99. The number of nitrogens with zero attached hydrogens (tertiary/aromatic N) is 3. The third-order valence-electron chi connectivity index (χ3n) is 6.99. The minimum atomic E-state index is -0.831. The van der Waals surface area contributed by atoms with Crippen LogP contribution in [-0.4, -0.2) is 32.4 Å². The second kappa shape index (κ2) is 10.5. The van der Waals surface area contributed by atoms with Crippen LogP contribution in [0.4, 0.5) is 5.69 Å². The van der Waals surface area contributed by atoms with Gasteiger partial charge >= 0.3 is 5.97 Å². The van der Waals surface area contributed by atoms with E-state index in [1.165, 1.54) is 16.3 Å². The number of nitrogens with one attached hydrogen (secondary N) is 1. The molecule has 1 amide bonds. The molecule has 0 fully saturated rings. The average molecular weight is 537 g/mol. The molecule has 40 heavy (non-hydrogen) atoms. The molecular formula is C31H28N4O5. The van der Waals surface area contributed by atoms with Gasteiger partial charge < -0.3 is 14.6 Å². The molecule has 0 saturated carbocycles. The molecule has 2 heterocycles. The quantitative estimate of drug-likeness (QED) is 0.329. The number of fused-ring (bicyclic) bond motifs is 1. The lowest BCUT2D eigenvalue weighted by atomic mass is 9.96. The Morgan fingerprint density at radius 3 is 2.10 bits per heavy atom. The van der Waals surface area contributed by atoms with E-state index in [1.54, 1.807) is 55.1 Å². The first-order chi connectivity index (χ1) is 19.2. The van der Waals surface area contributed by atoms with Gasteiger partial charge in [0, 0.05) is 25.0 Å². The van der Waals surface area contributed by atoms with Gasteiger partial charge in [0.15, 0.2) is 6.61 Å². The molecule has 0 spiro atoms. The number of hydrogen-bond acceptors (Lipinski definition) is 5. The molecule has 3 aromatic carbocycles. The number of hydrogen-bond donors (Lipinski definition) is 1. The number of benzene rings is 3. The van der Waals surface area contributed by atoms with Crippen LogP contribution in [0.1, 0.15) is 21.7 Å². The van der Waals surface area contributed by atoms with Crippen LogP contribution in [0.15, 0.2) is 88.5 Å². The molecule has 0 aliphatic rings. The number of ether oxygens (including phenoxy) is 1. The second-order valence-electron chi connectivity index (χ2n) is 9.56. The van der Waals surface area contributed by atoms with Gasteiger partial charge in [-0.15, -0.1) is 0 Å². The maximum absolute atomic E-state index is 13.4. The van der Waals surface area contributed by atoms with Crippen molar-refractivity contribution in [3.8, 4) is 16.8 Å². The van der Waals surface area contributed by atoms with Gasteiger partial charge in [-0.1, -0.05) is 66.2 Å². The fraction of sp³-hybridized carbons (Fsp3) is 0.161. The molecule has 0 saturated heterocycles. The summed E-state index contributed by atoms with van der Waals surface area (Å²) in [4.78, 5) is 52.5. The zero-order valence-electron chi connectivity index (χ0n) is 22.6. The number of aryl methyl sites for hydroxylation is 1. The lowest BCUT2D eigenvalue weighted by molar-refractivity contribution is -0.119. The average Bonchev–Trinajstić information content (AvgIpc) is 3.17. The zero-order valence-corrected chi connectivity index (χ0v) is 22.6. The van der Waals surface area contributed by atoms with E-state index in [-0.39, 0.29) is 16.9 Å². The van der Waals surface area contributed by atoms with Gasteiger partial charge in [-0.2, -0.15) is 0 Å². The Kier molecular flexibility index (Phi) is 6.96. The Bertz CT molecular complexity index is 1880. The van der Waals surface area contributed by atoms with Crippen LogP contribution in [0.25, 0.3) is 27.6 Å². The van der Waals surface area contributed by atoms with E-state index in [2.05, 4.69) is 5.32 Å². The van der Waals surface area contributed by atoms with Gasteiger partial charge in [-0.3, -0.25) is 19.1 Å². The number of para-hydroxylation sites is 1. The molecule has 0 unspecified atom stereocenters. The molecule has 9 nitrogen and oxygen atoms in total. The summed E-state index contributed by atoms with van der Waals surface area (Å²) in [5.41, 5.74) is 2.84. The van der Waals surface area contributed by atoms with Crippen molar-refractivity contribution >= 4 is 28.3 Å². The molecule has 1 N–H and O–H groups in total. The van der Waals surface area contributed by atoms with E-state index in [4.69, 9.17) is 4.74 Å². The molecule has 202 valence electrons. The van der Waals surface area contributed by atoms with Gasteiger partial charge in [0.2, 0.25) is 0 Å². The number of esters is 1. The topological polar surface area (TPSA) is 104 Å². The van der Waals surface area contributed by atoms with Crippen molar-refractivity contribution in [2.45, 2.75) is 13.8 Å². The van der Waals surface area contributed by atoms with Crippen molar-refractivity contribution in [3.05, 3.63) is 117 Å². The Balaban J connectivity index is 1.45. The summed E-state index contributed by atoms with van der Waals surface area (Å²) in [5.74, 6) is -1.51. The zero-order chi connectivity index (χ0) is 28.6. The molecule has 9 heteroatoms. The Hall–Kier alpha value is -5.18. The largest absolute Gasteiger partial charge is 0.451 e. The predicted octanol–water partition coefficient (Wildman–Crippen LogP) is 4.11. The Morgan fingerprint density at radius 1 is 0.800 bits per heavy atom. The summed E-state index contributed by atoms with van der Waals surface area (Å²) >= 11 is 0. The molecule has 5 rings (SSSR count). The van der Waals surface area contributed by atoms with E-state index >= 15 is 0 Å². The number of carbonyl (C=O) groups excluding carboxylic acids is 2. The highest BCUT2D eigenvalue weighted by atomic mass is 16.5. The van der Waals surface area contributed by atoms with E-state index in [0.717, 1.165) is 11.1 Å². The van der Waals surface area contributed by atoms with Crippen LogP contribution >= 0.6 is 0 Å². The van der Waals surface area contributed by atoms with Crippen LogP contribution in [-0.2, 0) is 23.6 Å². The smallest absolute Gasteiger partial charge is 0.356 e. The summed E-state index contributed by atoms with van der Waals surface area (Å²) in [6.07, 6.45) is 0. The minimum absolute atomic E-state index is 0.0303. The lowest BCUT2D eigenvalue weighted by Crippen LogP contribution is -2.29. The molecule has 5 aromatic rings. The van der Waals surface area contributed by atoms with Crippen LogP contribution < -0.4 is 16.4 Å². The summed E-state index contributed by atoms with van der Waals surface area (Å²) in [6.45, 7) is 3.02. The van der Waals surface area contributed by atoms with Crippen molar-refractivity contribution in [2.75, 3.05) is 11.9 Å². The maximum Gasteiger partial charge on any atom is 0.356 e. The highest BCUT2D eigenvalue weighted by Gasteiger charge is 2.24. The lowest BCUT2D eigenvalue weighted by Gasteiger charge is -2.17. The third kappa shape index (κ3) is 4.62. The summed E-state index contributed by atoms with van der Waals surface area (Å²) in [6, 6.07) is 23.7. The van der Waals surface area contributed by atoms with Gasteiger partial charge in [0.25, 0.3) is 17.0 Å². The van der Waals surface area contributed by atoms with E-state index in [0.29, 0.717) is 27.7 Å². The van der Waals surface area contributed by atoms with Crippen molar-refractivity contribution < 1.29 is 14.3 Å². The Morgan fingerprint density at radius 2 is 1.43 bits per heavy atom. The molecule has 0 aliphatic heterocycles. The first kappa shape index (κ1) is 26.4. The van der Waals surface area contributed by atoms with Gasteiger partial charge in [-0.25, -0.2) is 9.48 Å². The highest BCUT2D eigenvalue weighted by molar-refractivity contribution is 6.07. The molecule has 0 atom stereocenters. The van der Waals surface area contributed by atoms with Gasteiger partial charge in [-0.05, 0) is 43.0 Å². The van der Waals surface area contributed by atoms with Crippen molar-refractivity contribution in [2.24, 2.45) is 14.1 Å². The van der Waals surface area contributed by atoms with Crippen molar-refractivity contribution in [1.29, 1.82) is 0 Å². The highest BCUT2D eigenvalue weighted by Crippen LogP contribution is 2.31. The monoisotopic (exact) mass is 536 g/mol. The number of rotatable bonds is 6. The SMILES string of the molecule is Cc1ccc(-c2c(C(=O)OCC(=O)Nc3c(C)n(C)n(-c4ccccc4)c3=O)n(C)c(=O)c3ccccc23)cc1. The van der Waals surface area contributed by atoms with Crippen molar-refractivity contribution in [3.63, 3.8) is 0 Å². The fourth-order valence-electron chi connectivity index (χ4n) is 4.80. The van der Waals surface area contributed by atoms with E-state index in [9.17, 15) is 19.2 Å². The van der Waals surface area contributed by atoms with E-state index in [1.807, 2.05) is 49.4 Å². The molecule has 0 aliphatic carbocycles. The normalized spacial score (nSPS) is 11.0. The number of pyridine rings is 1. The van der Waals surface area contributed by atoms with Crippen molar-refractivity contribution in [1.82, 2.24) is 13.9 Å². The molecule has 0 bridgehead atoms. The minimum Gasteiger partial charge on any atom is -0.451 e. The molecular weight excluding hydrogens is 508 g/mol. The first-order valence-electron chi connectivity index (χ1n) is 12.7. The molecule has 2 aromatic heterocycles. The second-order valence-corrected chi connectivity index (χ2v) is 9.56. The van der Waals surface area contributed by atoms with Crippen LogP contribution in [0.3, 0.4) is 0 Å². The summed E-state index contributed by atoms with van der Waals surface area (Å²) in [5, 5.41) is 3.65. The van der Waals surface area contributed by atoms with Crippen LogP contribution in [0, 0.1) is 13.8 Å². The summed E-state index contributed by atoms with van der Waals surface area (Å²) < 4.78 is 9.73. The fourth-order valence-corrected chi connectivity index (χ4v) is 4.80. The van der Waals surface area contributed by atoms with Gasteiger partial charge in [0.1, 0.15) is 11.4 Å². The van der Waals surface area contributed by atoms with Crippen LogP contribution in [0.5, 0.6) is 0 Å². The number of aromatic nitrogens is 3. The van der Waals surface area contributed by atoms with E-state index < -0.39 is 24.0 Å². The standard InChI is InChI=1S/C31H28N4O5/c1-19-14-16-21(17-15-19)26-23-12-8-9-13-24(23)29(37)33(3)28(26)31(39)40-18-25(36)32-27-20(2)34(4)35(30(27)38)22-10-6-5-7-11-22/h5-17H,18H2,1-4H3,(H,32,36).